The SMILES string of the molecule is O=S(=O)(Nc1ccc(Br)cn1)c1cc(F)ccc1F. The molecule has 0 bridgehead atoms. The van der Waals surface area contributed by atoms with Gasteiger partial charge in [0.05, 0.1) is 0 Å². The molecule has 0 saturated carbocycles. The van der Waals surface area contributed by atoms with Crippen LogP contribution in [0.25, 0.3) is 0 Å². The van der Waals surface area contributed by atoms with Crippen LogP contribution < -0.4 is 4.72 Å². The van der Waals surface area contributed by atoms with Gasteiger partial charge in [-0.05, 0) is 46.3 Å². The number of pyridine rings is 1. The van der Waals surface area contributed by atoms with E-state index in [1.807, 2.05) is 0 Å². The van der Waals surface area contributed by atoms with Crippen LogP contribution in [-0.2, 0) is 10.0 Å². The van der Waals surface area contributed by atoms with Crippen molar-refractivity contribution in [1.29, 1.82) is 0 Å². The Bertz CT molecular complexity index is 705. The third-order valence-corrected chi connectivity index (χ3v) is 3.99. The third-order valence-electron chi connectivity index (χ3n) is 2.15. The maximum Gasteiger partial charge on any atom is 0.266 e. The van der Waals surface area contributed by atoms with Gasteiger partial charge in [-0.15, -0.1) is 0 Å². The summed E-state index contributed by atoms with van der Waals surface area (Å²) in [6, 6.07) is 5.15. The van der Waals surface area contributed by atoms with Crippen molar-refractivity contribution in [2.24, 2.45) is 0 Å². The fourth-order valence-corrected chi connectivity index (χ4v) is 2.65. The van der Waals surface area contributed by atoms with Gasteiger partial charge in [0.25, 0.3) is 10.0 Å². The number of aromatic nitrogens is 1. The lowest BCUT2D eigenvalue weighted by molar-refractivity contribution is 0.555. The van der Waals surface area contributed by atoms with Gasteiger partial charge in [0.15, 0.2) is 0 Å². The summed E-state index contributed by atoms with van der Waals surface area (Å²) in [7, 11) is -4.22. The molecule has 2 rings (SSSR count). The van der Waals surface area contributed by atoms with Crippen molar-refractivity contribution >= 4 is 31.8 Å². The number of sulfonamides is 1. The molecule has 2 aromatic rings. The first kappa shape index (κ1) is 13.9. The zero-order valence-corrected chi connectivity index (χ0v) is 11.7. The highest BCUT2D eigenvalue weighted by molar-refractivity contribution is 9.10. The van der Waals surface area contributed by atoms with E-state index in [1.165, 1.54) is 12.3 Å². The molecular weight excluding hydrogens is 342 g/mol. The molecule has 0 fully saturated rings. The lowest BCUT2D eigenvalue weighted by atomic mass is 10.3. The van der Waals surface area contributed by atoms with E-state index >= 15 is 0 Å². The minimum Gasteiger partial charge on any atom is -0.263 e. The number of nitrogens with zero attached hydrogens (tertiary/aromatic N) is 1. The Morgan fingerprint density at radius 1 is 1.16 bits per heavy atom. The lowest BCUT2D eigenvalue weighted by Gasteiger charge is -2.08. The molecule has 0 radical (unpaired) electrons. The predicted octanol–water partition coefficient (Wildman–Crippen LogP) is 2.92. The summed E-state index contributed by atoms with van der Waals surface area (Å²) in [6.45, 7) is 0. The second-order valence-corrected chi connectivity index (χ2v) is 6.11. The van der Waals surface area contributed by atoms with Crippen LogP contribution in [0.5, 0.6) is 0 Å². The Kier molecular flexibility index (Phi) is 3.81. The van der Waals surface area contributed by atoms with Gasteiger partial charge < -0.3 is 0 Å². The van der Waals surface area contributed by atoms with Gasteiger partial charge in [-0.2, -0.15) is 0 Å². The maximum atomic E-state index is 13.4. The zero-order chi connectivity index (χ0) is 14.0. The number of nitrogens with one attached hydrogen (secondary N) is 1. The van der Waals surface area contributed by atoms with Crippen LogP contribution in [0.2, 0.25) is 0 Å². The molecular formula is C11H7BrF2N2O2S. The zero-order valence-electron chi connectivity index (χ0n) is 9.27. The Morgan fingerprint density at radius 2 is 1.89 bits per heavy atom. The van der Waals surface area contributed by atoms with Crippen LogP contribution in [0.1, 0.15) is 0 Å². The highest BCUT2D eigenvalue weighted by Crippen LogP contribution is 2.19. The average Bonchev–Trinajstić information content (AvgIpc) is 2.35. The van der Waals surface area contributed by atoms with Crippen LogP contribution in [0, 0.1) is 11.6 Å². The van der Waals surface area contributed by atoms with Gasteiger partial charge in [0, 0.05) is 10.7 Å². The molecule has 8 heteroatoms. The molecule has 0 aliphatic carbocycles. The molecule has 0 atom stereocenters. The highest BCUT2D eigenvalue weighted by atomic mass is 79.9. The number of anilines is 1. The normalized spacial score (nSPS) is 11.3. The van der Waals surface area contributed by atoms with Crippen molar-refractivity contribution < 1.29 is 17.2 Å². The molecule has 0 amide bonds. The minimum absolute atomic E-state index is 0.00635. The topological polar surface area (TPSA) is 59.1 Å². The smallest absolute Gasteiger partial charge is 0.263 e. The van der Waals surface area contributed by atoms with E-state index in [0.29, 0.717) is 10.5 Å². The lowest BCUT2D eigenvalue weighted by Crippen LogP contribution is -2.15. The van der Waals surface area contributed by atoms with Crippen molar-refractivity contribution in [3.63, 3.8) is 0 Å². The van der Waals surface area contributed by atoms with Gasteiger partial charge in [-0.25, -0.2) is 22.2 Å². The Morgan fingerprint density at radius 3 is 2.53 bits per heavy atom. The van der Waals surface area contributed by atoms with E-state index in [9.17, 15) is 17.2 Å². The standard InChI is InChI=1S/C11H7BrF2N2O2S/c12-7-1-4-11(15-6-7)16-19(17,18)10-5-8(13)2-3-9(10)14/h1-6H,(H,15,16). The number of benzene rings is 1. The first-order valence-electron chi connectivity index (χ1n) is 4.98. The fraction of sp³-hybridized carbons (Fsp3) is 0. The Balaban J connectivity index is 2.37. The monoisotopic (exact) mass is 348 g/mol. The van der Waals surface area contributed by atoms with Crippen LogP contribution in [-0.4, -0.2) is 13.4 Å². The van der Waals surface area contributed by atoms with Crippen LogP contribution in [0.15, 0.2) is 45.9 Å². The van der Waals surface area contributed by atoms with Gasteiger partial charge in [-0.1, -0.05) is 0 Å². The second kappa shape index (κ2) is 5.22. The van der Waals surface area contributed by atoms with Crippen molar-refractivity contribution in [3.05, 3.63) is 52.6 Å². The maximum absolute atomic E-state index is 13.4. The molecule has 100 valence electrons. The number of rotatable bonds is 3. The van der Waals surface area contributed by atoms with Crippen molar-refractivity contribution in [2.45, 2.75) is 4.90 Å². The fourth-order valence-electron chi connectivity index (χ4n) is 1.31. The molecule has 4 nitrogen and oxygen atoms in total. The van der Waals surface area contributed by atoms with Gasteiger partial charge in [0.1, 0.15) is 22.3 Å². The summed E-state index contributed by atoms with van der Waals surface area (Å²) < 4.78 is 52.9. The van der Waals surface area contributed by atoms with Crippen molar-refractivity contribution in [3.8, 4) is 0 Å². The summed E-state index contributed by atoms with van der Waals surface area (Å²) in [5.41, 5.74) is 0. The average molecular weight is 349 g/mol. The first-order valence-corrected chi connectivity index (χ1v) is 7.25. The minimum atomic E-state index is -4.22. The Hall–Kier alpha value is -1.54. The largest absolute Gasteiger partial charge is 0.266 e. The quantitative estimate of drug-likeness (QED) is 0.927. The second-order valence-electron chi connectivity index (χ2n) is 3.54. The van der Waals surface area contributed by atoms with E-state index < -0.39 is 26.6 Å². The first-order chi connectivity index (χ1) is 8.88. The van der Waals surface area contributed by atoms with Gasteiger partial charge in [-0.3, -0.25) is 4.72 Å². The highest BCUT2D eigenvalue weighted by Gasteiger charge is 2.20. The molecule has 0 unspecified atom stereocenters. The van der Waals surface area contributed by atoms with E-state index in [4.69, 9.17) is 0 Å². The Labute approximate surface area is 116 Å². The van der Waals surface area contributed by atoms with Crippen molar-refractivity contribution in [1.82, 2.24) is 4.98 Å². The molecule has 0 spiro atoms. The van der Waals surface area contributed by atoms with E-state index in [0.717, 1.165) is 12.1 Å². The predicted molar refractivity (Wildman–Crippen MR) is 69.1 cm³/mol. The summed E-state index contributed by atoms with van der Waals surface area (Å²) in [4.78, 5) is 3.02. The number of halogens is 3. The molecule has 1 aromatic heterocycles. The summed E-state index contributed by atoms with van der Waals surface area (Å²) in [5.74, 6) is -1.87. The molecule has 0 saturated heterocycles. The van der Waals surface area contributed by atoms with Crippen LogP contribution in [0.4, 0.5) is 14.6 Å². The third kappa shape index (κ3) is 3.27. The van der Waals surface area contributed by atoms with Gasteiger partial charge in [0.2, 0.25) is 0 Å². The summed E-state index contributed by atoms with van der Waals surface area (Å²) in [5, 5.41) is 0. The number of hydrogen-bond donors (Lipinski definition) is 1. The molecule has 1 heterocycles. The van der Waals surface area contributed by atoms with Gasteiger partial charge >= 0.3 is 0 Å². The van der Waals surface area contributed by atoms with Crippen molar-refractivity contribution in [2.75, 3.05) is 4.72 Å². The van der Waals surface area contributed by atoms with Crippen LogP contribution >= 0.6 is 15.9 Å². The molecule has 19 heavy (non-hydrogen) atoms. The molecule has 1 aromatic carbocycles. The van der Waals surface area contributed by atoms with E-state index in [-0.39, 0.29) is 5.82 Å². The van der Waals surface area contributed by atoms with Crippen LogP contribution in [0.3, 0.4) is 0 Å². The molecule has 0 aliphatic rings. The van der Waals surface area contributed by atoms with E-state index in [2.05, 4.69) is 25.6 Å². The summed E-state index contributed by atoms with van der Waals surface area (Å²) in [6.07, 6.45) is 1.37. The van der Waals surface area contributed by atoms with E-state index in [1.54, 1.807) is 6.07 Å². The molecule has 0 aliphatic heterocycles. The summed E-state index contributed by atoms with van der Waals surface area (Å²) >= 11 is 3.14. The molecule has 1 N–H and O–H groups in total. The number of hydrogen-bond acceptors (Lipinski definition) is 3.